The van der Waals surface area contributed by atoms with Crippen molar-refractivity contribution in [1.29, 1.82) is 0 Å². The average molecular weight is 412 g/mol. The van der Waals surface area contributed by atoms with Crippen molar-refractivity contribution in [1.82, 2.24) is 5.43 Å². The Labute approximate surface area is 177 Å². The number of amides is 2. The molecule has 2 aromatic rings. The third kappa shape index (κ3) is 6.92. The second-order valence-corrected chi connectivity index (χ2v) is 6.85. The number of hydrogen-bond donors (Lipinski definition) is 2. The molecule has 0 saturated carbocycles. The summed E-state index contributed by atoms with van der Waals surface area (Å²) in [6.45, 7) is 6.57. The molecule has 0 heterocycles. The van der Waals surface area contributed by atoms with E-state index in [2.05, 4.69) is 15.8 Å². The minimum absolute atomic E-state index is 0.0428. The number of hydrazone groups is 1. The fraction of sp³-hybridized carbons (Fsp3) is 0.348. The molecular formula is C23H29N3O4. The van der Waals surface area contributed by atoms with Gasteiger partial charge < -0.3 is 14.8 Å². The molecule has 2 N–H and O–H groups in total. The van der Waals surface area contributed by atoms with Crippen LogP contribution in [0.15, 0.2) is 41.5 Å². The Morgan fingerprint density at radius 1 is 1.07 bits per heavy atom. The summed E-state index contributed by atoms with van der Waals surface area (Å²) in [6, 6.07) is 11.1. The number of ether oxygens (including phenoxy) is 2. The van der Waals surface area contributed by atoms with Crippen molar-refractivity contribution in [3.05, 3.63) is 53.1 Å². The van der Waals surface area contributed by atoms with Crippen LogP contribution in [0.3, 0.4) is 0 Å². The lowest BCUT2D eigenvalue weighted by molar-refractivity contribution is -0.124. The molecule has 2 amide bonds. The number of nitrogens with one attached hydrogen (secondary N) is 2. The Morgan fingerprint density at radius 3 is 2.57 bits per heavy atom. The van der Waals surface area contributed by atoms with E-state index in [-0.39, 0.29) is 24.7 Å². The first-order chi connectivity index (χ1) is 14.4. The van der Waals surface area contributed by atoms with E-state index in [1.807, 2.05) is 45.0 Å². The SMILES string of the molecule is CCCOc1ccc(C=NNC(=O)CCC(=O)Nc2cccc(C)c2C)cc1OC. The lowest BCUT2D eigenvalue weighted by Gasteiger charge is -2.10. The van der Waals surface area contributed by atoms with Crippen molar-refractivity contribution in [3.8, 4) is 11.5 Å². The molecular weight excluding hydrogens is 382 g/mol. The van der Waals surface area contributed by atoms with Gasteiger partial charge in [-0.3, -0.25) is 9.59 Å². The van der Waals surface area contributed by atoms with Gasteiger partial charge in [-0.05, 0) is 61.2 Å². The fourth-order valence-electron chi connectivity index (χ4n) is 2.66. The summed E-state index contributed by atoms with van der Waals surface area (Å²) in [5.41, 5.74) is 6.07. The van der Waals surface area contributed by atoms with Crippen LogP contribution in [-0.2, 0) is 9.59 Å². The van der Waals surface area contributed by atoms with Gasteiger partial charge in [0.15, 0.2) is 11.5 Å². The summed E-state index contributed by atoms with van der Waals surface area (Å²) < 4.78 is 10.9. The van der Waals surface area contributed by atoms with Crippen molar-refractivity contribution in [2.75, 3.05) is 19.0 Å². The van der Waals surface area contributed by atoms with Crippen molar-refractivity contribution in [2.24, 2.45) is 5.10 Å². The largest absolute Gasteiger partial charge is 0.493 e. The number of nitrogens with zero attached hydrogens (tertiary/aromatic N) is 1. The van der Waals surface area contributed by atoms with Gasteiger partial charge in [0.2, 0.25) is 11.8 Å². The van der Waals surface area contributed by atoms with Crippen LogP contribution in [0.4, 0.5) is 5.69 Å². The lowest BCUT2D eigenvalue weighted by Crippen LogP contribution is -2.21. The van der Waals surface area contributed by atoms with Crippen molar-refractivity contribution < 1.29 is 19.1 Å². The lowest BCUT2D eigenvalue weighted by atomic mass is 10.1. The first-order valence-corrected chi connectivity index (χ1v) is 9.93. The summed E-state index contributed by atoms with van der Waals surface area (Å²) in [4.78, 5) is 24.1. The molecule has 0 bridgehead atoms. The van der Waals surface area contributed by atoms with Gasteiger partial charge in [-0.1, -0.05) is 19.1 Å². The third-order valence-electron chi connectivity index (χ3n) is 4.51. The van der Waals surface area contributed by atoms with E-state index in [1.165, 1.54) is 6.21 Å². The van der Waals surface area contributed by atoms with Crippen molar-refractivity contribution in [3.63, 3.8) is 0 Å². The highest BCUT2D eigenvalue weighted by atomic mass is 16.5. The molecule has 7 heteroatoms. The Morgan fingerprint density at radius 2 is 1.83 bits per heavy atom. The molecule has 30 heavy (non-hydrogen) atoms. The topological polar surface area (TPSA) is 89.0 Å². The predicted octanol–water partition coefficient (Wildman–Crippen LogP) is 3.97. The summed E-state index contributed by atoms with van der Waals surface area (Å²) >= 11 is 0. The third-order valence-corrected chi connectivity index (χ3v) is 4.51. The molecule has 0 aliphatic heterocycles. The molecule has 0 unspecified atom stereocenters. The molecule has 0 aliphatic carbocycles. The second-order valence-electron chi connectivity index (χ2n) is 6.85. The molecule has 0 fully saturated rings. The Bertz CT molecular complexity index is 909. The molecule has 0 atom stereocenters. The van der Waals surface area contributed by atoms with Gasteiger partial charge in [-0.2, -0.15) is 5.10 Å². The zero-order valence-corrected chi connectivity index (χ0v) is 18.0. The molecule has 0 aromatic heterocycles. The molecule has 7 nitrogen and oxygen atoms in total. The summed E-state index contributed by atoms with van der Waals surface area (Å²) in [6.07, 6.45) is 2.54. The Kier molecular flexibility index (Phi) is 8.87. The number of aryl methyl sites for hydroxylation is 1. The summed E-state index contributed by atoms with van der Waals surface area (Å²) in [5.74, 6) is 0.713. The van der Waals surface area contributed by atoms with Crippen LogP contribution in [0.1, 0.15) is 42.9 Å². The van der Waals surface area contributed by atoms with Crippen LogP contribution in [0.5, 0.6) is 11.5 Å². The number of hydrogen-bond acceptors (Lipinski definition) is 5. The molecule has 0 radical (unpaired) electrons. The predicted molar refractivity (Wildman–Crippen MR) is 118 cm³/mol. The molecule has 0 saturated heterocycles. The van der Waals surface area contributed by atoms with E-state index >= 15 is 0 Å². The number of rotatable bonds is 10. The molecule has 2 aromatic carbocycles. The maximum atomic E-state index is 12.1. The van der Waals surface area contributed by atoms with E-state index in [9.17, 15) is 9.59 Å². The van der Waals surface area contributed by atoms with Gasteiger partial charge in [0, 0.05) is 18.5 Å². The van der Waals surface area contributed by atoms with Crippen LogP contribution in [0.25, 0.3) is 0 Å². The number of benzene rings is 2. The van der Waals surface area contributed by atoms with E-state index in [4.69, 9.17) is 9.47 Å². The van der Waals surface area contributed by atoms with Crippen LogP contribution in [0, 0.1) is 13.8 Å². The van der Waals surface area contributed by atoms with Gasteiger partial charge in [0.1, 0.15) is 0 Å². The maximum absolute atomic E-state index is 12.1. The number of anilines is 1. The van der Waals surface area contributed by atoms with Crippen molar-refractivity contribution in [2.45, 2.75) is 40.0 Å². The normalized spacial score (nSPS) is 10.7. The van der Waals surface area contributed by atoms with Crippen LogP contribution >= 0.6 is 0 Å². The second kappa shape index (κ2) is 11.6. The zero-order chi connectivity index (χ0) is 21.9. The monoisotopic (exact) mass is 411 g/mol. The highest BCUT2D eigenvalue weighted by Gasteiger charge is 2.09. The van der Waals surface area contributed by atoms with Gasteiger partial charge in [0.25, 0.3) is 0 Å². The average Bonchev–Trinajstić information content (AvgIpc) is 2.74. The molecule has 2 rings (SSSR count). The summed E-state index contributed by atoms with van der Waals surface area (Å²) in [5, 5.41) is 6.78. The standard InChI is InChI=1S/C23H29N3O4/c1-5-13-30-20-10-9-18(14-21(20)29-4)15-24-26-23(28)12-11-22(27)25-19-8-6-7-16(2)17(19)3/h6-10,14-15H,5,11-13H2,1-4H3,(H,25,27)(H,26,28). The smallest absolute Gasteiger partial charge is 0.240 e. The minimum Gasteiger partial charge on any atom is -0.493 e. The van der Waals surface area contributed by atoms with Gasteiger partial charge in [-0.15, -0.1) is 0 Å². The van der Waals surface area contributed by atoms with E-state index in [1.54, 1.807) is 19.2 Å². The van der Waals surface area contributed by atoms with Crippen LogP contribution in [-0.4, -0.2) is 31.7 Å². The first kappa shape index (κ1) is 22.9. The quantitative estimate of drug-likeness (QED) is 0.457. The van der Waals surface area contributed by atoms with Gasteiger partial charge in [0.05, 0.1) is 19.9 Å². The maximum Gasteiger partial charge on any atom is 0.240 e. The van der Waals surface area contributed by atoms with Crippen LogP contribution < -0.4 is 20.2 Å². The van der Waals surface area contributed by atoms with Gasteiger partial charge >= 0.3 is 0 Å². The minimum atomic E-state index is -0.336. The highest BCUT2D eigenvalue weighted by Crippen LogP contribution is 2.27. The van der Waals surface area contributed by atoms with Crippen molar-refractivity contribution >= 4 is 23.7 Å². The zero-order valence-electron chi connectivity index (χ0n) is 18.0. The Hall–Kier alpha value is -3.35. The fourth-order valence-corrected chi connectivity index (χ4v) is 2.66. The summed E-state index contributed by atoms with van der Waals surface area (Å²) in [7, 11) is 1.57. The first-order valence-electron chi connectivity index (χ1n) is 9.93. The van der Waals surface area contributed by atoms with E-state index < -0.39 is 0 Å². The molecule has 160 valence electrons. The number of methoxy groups -OCH3 is 1. The Balaban J connectivity index is 1.82. The molecule has 0 spiro atoms. The number of carbonyl (C=O) groups excluding carboxylic acids is 2. The molecule has 0 aliphatic rings. The van der Waals surface area contributed by atoms with Crippen LogP contribution in [0.2, 0.25) is 0 Å². The van der Waals surface area contributed by atoms with E-state index in [0.717, 1.165) is 28.8 Å². The number of carbonyl (C=O) groups is 2. The highest BCUT2D eigenvalue weighted by molar-refractivity contribution is 5.94. The van der Waals surface area contributed by atoms with Gasteiger partial charge in [-0.25, -0.2) is 5.43 Å². The van der Waals surface area contributed by atoms with E-state index in [0.29, 0.717) is 18.1 Å².